The monoisotopic (exact) mass is 328 g/mol. The van der Waals surface area contributed by atoms with Crippen molar-refractivity contribution >= 4 is 0 Å². The van der Waals surface area contributed by atoms with E-state index in [0.717, 1.165) is 6.42 Å². The predicted molar refractivity (Wildman–Crippen MR) is 85.5 cm³/mol. The van der Waals surface area contributed by atoms with Crippen LogP contribution in [0.3, 0.4) is 0 Å². The summed E-state index contributed by atoms with van der Waals surface area (Å²) in [6.45, 7) is 12.4. The highest BCUT2D eigenvalue weighted by atomic mass is 16.7. The maximum atomic E-state index is 10.4. The molecule has 0 aromatic rings. The Labute approximate surface area is 139 Å². The van der Waals surface area contributed by atoms with Crippen LogP contribution >= 0.6 is 0 Å². The van der Waals surface area contributed by atoms with Crippen LogP contribution in [-0.2, 0) is 14.2 Å². The molecule has 0 spiro atoms. The van der Waals surface area contributed by atoms with Gasteiger partial charge in [0.2, 0.25) is 0 Å². The zero-order valence-corrected chi connectivity index (χ0v) is 15.1. The van der Waals surface area contributed by atoms with Gasteiger partial charge >= 0.3 is 0 Å². The van der Waals surface area contributed by atoms with E-state index in [4.69, 9.17) is 14.2 Å². The van der Waals surface area contributed by atoms with Crippen molar-refractivity contribution < 1.29 is 24.4 Å². The van der Waals surface area contributed by atoms with Crippen LogP contribution in [0.1, 0.15) is 48.0 Å². The van der Waals surface area contributed by atoms with Crippen molar-refractivity contribution in [2.75, 3.05) is 0 Å². The van der Waals surface area contributed by atoms with Gasteiger partial charge in [0.05, 0.1) is 23.9 Å². The third-order valence-corrected chi connectivity index (χ3v) is 6.74. The van der Waals surface area contributed by atoms with Crippen molar-refractivity contribution in [3.05, 3.63) is 0 Å². The third-order valence-electron chi connectivity index (χ3n) is 6.74. The first-order valence-corrected chi connectivity index (χ1v) is 9.06. The Balaban J connectivity index is 1.72. The van der Waals surface area contributed by atoms with Crippen LogP contribution in [0.2, 0.25) is 0 Å². The Morgan fingerprint density at radius 3 is 2.26 bits per heavy atom. The van der Waals surface area contributed by atoms with Gasteiger partial charge in [-0.15, -0.1) is 0 Å². The molecular formula is C18H32O5. The largest absolute Gasteiger partial charge is 0.389 e. The molecule has 3 aliphatic rings. The van der Waals surface area contributed by atoms with Gasteiger partial charge < -0.3 is 24.4 Å². The minimum Gasteiger partial charge on any atom is -0.389 e. The fourth-order valence-corrected chi connectivity index (χ4v) is 4.80. The summed E-state index contributed by atoms with van der Waals surface area (Å²) in [5.41, 5.74) is -0.850. The Morgan fingerprint density at radius 1 is 1.00 bits per heavy atom. The maximum absolute atomic E-state index is 10.4. The van der Waals surface area contributed by atoms with E-state index < -0.39 is 18.2 Å². The van der Waals surface area contributed by atoms with Crippen LogP contribution < -0.4 is 0 Å². The van der Waals surface area contributed by atoms with Gasteiger partial charge in [-0.05, 0) is 32.1 Å². The first kappa shape index (κ1) is 17.6. The standard InChI is InChI=1S/C18H32O5/c1-7-12-15(9(3)8(2)11(5)21-12)22-17-10(4)13-14(16(19)23-17)18(13,6)20/h8-17,19-20H,7H2,1-6H3/t8?,9?,10?,11-,12-,13+,14-,15+,16?,17+,18?/m1/s1. The molecule has 5 heteroatoms. The summed E-state index contributed by atoms with van der Waals surface area (Å²) in [7, 11) is 0. The van der Waals surface area contributed by atoms with E-state index in [-0.39, 0.29) is 36.1 Å². The molecule has 1 aliphatic carbocycles. The lowest BCUT2D eigenvalue weighted by atomic mass is 9.81. The van der Waals surface area contributed by atoms with Crippen molar-refractivity contribution in [1.29, 1.82) is 0 Å². The molecule has 23 heavy (non-hydrogen) atoms. The first-order chi connectivity index (χ1) is 10.7. The Morgan fingerprint density at radius 2 is 1.65 bits per heavy atom. The maximum Gasteiger partial charge on any atom is 0.164 e. The number of hydrogen-bond acceptors (Lipinski definition) is 5. The summed E-state index contributed by atoms with van der Waals surface area (Å²) >= 11 is 0. The number of hydrogen-bond donors (Lipinski definition) is 2. The molecule has 5 nitrogen and oxygen atoms in total. The Kier molecular flexibility index (Phi) is 4.56. The highest BCUT2D eigenvalue weighted by Crippen LogP contribution is 2.60. The molecule has 3 rings (SSSR count). The second-order valence-electron chi connectivity index (χ2n) is 8.14. The Hall–Kier alpha value is -0.200. The summed E-state index contributed by atoms with van der Waals surface area (Å²) in [5.74, 6) is 0.654. The van der Waals surface area contributed by atoms with Crippen molar-refractivity contribution in [2.45, 2.75) is 84.5 Å². The van der Waals surface area contributed by atoms with Gasteiger partial charge in [0.1, 0.15) is 0 Å². The van der Waals surface area contributed by atoms with Crippen molar-refractivity contribution in [2.24, 2.45) is 29.6 Å². The van der Waals surface area contributed by atoms with Crippen molar-refractivity contribution in [3.63, 3.8) is 0 Å². The van der Waals surface area contributed by atoms with Crippen LogP contribution in [0.4, 0.5) is 0 Å². The normalized spacial score (nSPS) is 59.5. The van der Waals surface area contributed by atoms with E-state index in [1.165, 1.54) is 0 Å². The fraction of sp³-hybridized carbons (Fsp3) is 1.00. The summed E-state index contributed by atoms with van der Waals surface area (Å²) in [5, 5.41) is 20.5. The molecule has 5 unspecified atom stereocenters. The number of ether oxygens (including phenoxy) is 3. The van der Waals surface area contributed by atoms with Crippen LogP contribution in [0.25, 0.3) is 0 Å². The van der Waals surface area contributed by atoms with Gasteiger partial charge in [0, 0.05) is 17.8 Å². The summed E-state index contributed by atoms with van der Waals surface area (Å²) in [6, 6.07) is 0. The van der Waals surface area contributed by atoms with Gasteiger partial charge in [-0.2, -0.15) is 0 Å². The highest BCUT2D eigenvalue weighted by molar-refractivity contribution is 5.14. The molecule has 0 aromatic carbocycles. The van der Waals surface area contributed by atoms with Crippen LogP contribution in [-0.4, -0.2) is 46.7 Å². The second kappa shape index (κ2) is 5.95. The van der Waals surface area contributed by atoms with E-state index >= 15 is 0 Å². The van der Waals surface area contributed by atoms with Crippen LogP contribution in [0, 0.1) is 29.6 Å². The number of aliphatic hydroxyl groups excluding tert-OH is 1. The Bertz CT molecular complexity index is 437. The van der Waals surface area contributed by atoms with Gasteiger partial charge in [-0.25, -0.2) is 0 Å². The fourth-order valence-electron chi connectivity index (χ4n) is 4.80. The number of aliphatic hydroxyl groups is 2. The average molecular weight is 328 g/mol. The van der Waals surface area contributed by atoms with E-state index in [1.54, 1.807) is 6.92 Å². The lowest BCUT2D eigenvalue weighted by Gasteiger charge is -2.46. The predicted octanol–water partition coefficient (Wildman–Crippen LogP) is 2.15. The van der Waals surface area contributed by atoms with E-state index in [9.17, 15) is 10.2 Å². The van der Waals surface area contributed by atoms with E-state index in [1.807, 2.05) is 6.92 Å². The minimum absolute atomic E-state index is 0.0347. The highest BCUT2D eigenvalue weighted by Gasteiger charge is 2.70. The van der Waals surface area contributed by atoms with Gasteiger partial charge in [0.25, 0.3) is 0 Å². The first-order valence-electron chi connectivity index (χ1n) is 9.06. The number of fused-ring (bicyclic) bond motifs is 1. The lowest BCUT2D eigenvalue weighted by Crippen LogP contribution is -2.52. The van der Waals surface area contributed by atoms with Crippen molar-refractivity contribution in [1.82, 2.24) is 0 Å². The van der Waals surface area contributed by atoms with Gasteiger partial charge in [0.15, 0.2) is 12.6 Å². The summed E-state index contributed by atoms with van der Waals surface area (Å²) < 4.78 is 18.2. The number of rotatable bonds is 3. The van der Waals surface area contributed by atoms with E-state index in [2.05, 4.69) is 27.7 Å². The zero-order valence-electron chi connectivity index (χ0n) is 15.1. The average Bonchev–Trinajstić information content (AvgIpc) is 3.08. The molecule has 0 aromatic heterocycles. The molecule has 0 bridgehead atoms. The van der Waals surface area contributed by atoms with Gasteiger partial charge in [-0.1, -0.05) is 27.7 Å². The second-order valence-corrected chi connectivity index (χ2v) is 8.14. The third kappa shape index (κ3) is 2.74. The molecule has 0 amide bonds. The van der Waals surface area contributed by atoms with E-state index in [0.29, 0.717) is 11.8 Å². The zero-order chi connectivity index (χ0) is 17.1. The lowest BCUT2D eigenvalue weighted by molar-refractivity contribution is -0.314. The van der Waals surface area contributed by atoms with Crippen LogP contribution in [0.15, 0.2) is 0 Å². The van der Waals surface area contributed by atoms with Gasteiger partial charge in [-0.3, -0.25) is 0 Å². The smallest absolute Gasteiger partial charge is 0.164 e. The quantitative estimate of drug-likeness (QED) is 0.831. The molecule has 2 aliphatic heterocycles. The minimum atomic E-state index is -0.951. The molecule has 2 heterocycles. The molecule has 2 N–H and O–H groups in total. The topological polar surface area (TPSA) is 68.2 Å². The molecule has 3 fully saturated rings. The molecule has 134 valence electrons. The molecule has 11 atom stereocenters. The molecule has 1 saturated carbocycles. The molecule has 2 saturated heterocycles. The van der Waals surface area contributed by atoms with Crippen LogP contribution in [0.5, 0.6) is 0 Å². The van der Waals surface area contributed by atoms with Crippen molar-refractivity contribution in [3.8, 4) is 0 Å². The summed E-state index contributed by atoms with van der Waals surface area (Å²) in [4.78, 5) is 0. The molecule has 0 radical (unpaired) electrons. The summed E-state index contributed by atoms with van der Waals surface area (Å²) in [6.07, 6.45) is -0.343. The SMILES string of the molecule is CC[C@H]1O[C@H](C)C(C)C(C)[C@@H]1O[C@H]1OC(O)[C@H]2[C@H](C1C)C2(C)O. The molecular weight excluding hydrogens is 296 g/mol.